The van der Waals surface area contributed by atoms with Crippen molar-refractivity contribution in [1.29, 1.82) is 0 Å². The van der Waals surface area contributed by atoms with E-state index in [0.29, 0.717) is 12.8 Å². The normalized spacial score (nSPS) is 34.1. The molecule has 5 heterocycles. The summed E-state index contributed by atoms with van der Waals surface area (Å²) >= 11 is 0. The number of hydrogen-bond acceptors (Lipinski definition) is 28. The van der Waals surface area contributed by atoms with E-state index in [2.05, 4.69) is 41.9 Å². The number of aliphatic hydroxyl groups excluding tert-OH is 15. The van der Waals surface area contributed by atoms with Gasteiger partial charge in [-0.2, -0.15) is 0 Å². The lowest BCUT2D eigenvalue weighted by atomic mass is 9.94. The van der Waals surface area contributed by atoms with Crippen LogP contribution in [0.2, 0.25) is 0 Å². The van der Waals surface area contributed by atoms with Crippen molar-refractivity contribution in [2.75, 3.05) is 39.6 Å². The van der Waals surface area contributed by atoms with Gasteiger partial charge in [0.15, 0.2) is 31.5 Å². The fourth-order valence-electron chi connectivity index (χ4n) is 14.3. The maximum absolute atomic E-state index is 13.6. The monoisotopic (exact) mass is 1540 g/mol. The standard InChI is InChI=1S/C76H137N3O28/c1-5-7-9-11-13-15-17-19-20-21-22-23-24-25-26-28-30-32-34-36-38-40-56(87)79-49(50(86)39-37-35-33-31-29-27-18-16-14-12-10-8-6-2)45-98-74-66(95)65(94)69(54(44-83)103-74)105-76-68(97)71(62(91)55(104-76)46-99-72-57(77-47(3)84)63(92)59(88)51(41-80)100-72)107-75-67(96)70(61(90)53(43-82)102-75)106-73-58(78-48(4)85)64(93)60(89)52(42-81)101-73/h19-20,37,39,49-55,57-76,80-83,86,88-97H,5-18,21-36,38,40-46H2,1-4H3,(H,77,84)(H,78,85)(H,79,87)/b20-19-,39-37+/t49-,50+,51?,52?,53?,54?,55?,57?,58?,59+,60-,61-,62-,63+,64+,65+,66?,67?,68?,69+,70-,71-,72+,73-,74+,75+,76-/m0/s1. The molecule has 5 aliphatic heterocycles. The average molecular weight is 1540 g/mol. The van der Waals surface area contributed by atoms with Crippen LogP contribution in [-0.2, 0) is 61.8 Å². The summed E-state index contributed by atoms with van der Waals surface area (Å²) in [6, 6.07) is -4.22. The van der Waals surface area contributed by atoms with Crippen molar-refractivity contribution >= 4 is 17.7 Å². The van der Waals surface area contributed by atoms with Gasteiger partial charge in [0.05, 0.1) is 51.8 Å². The second kappa shape index (κ2) is 53.1. The summed E-state index contributed by atoms with van der Waals surface area (Å²) in [7, 11) is 0. The minimum atomic E-state index is -2.27. The number of ether oxygens (including phenoxy) is 10. The van der Waals surface area contributed by atoms with Gasteiger partial charge in [0.2, 0.25) is 17.7 Å². The smallest absolute Gasteiger partial charge is 0.220 e. The van der Waals surface area contributed by atoms with E-state index in [4.69, 9.17) is 47.4 Å². The third-order valence-electron chi connectivity index (χ3n) is 20.8. The van der Waals surface area contributed by atoms with Gasteiger partial charge in [-0.05, 0) is 44.9 Å². The average Bonchev–Trinajstić information content (AvgIpc) is 0.780. The first-order valence-corrected chi connectivity index (χ1v) is 40.1. The Bertz CT molecular complexity index is 2430. The van der Waals surface area contributed by atoms with Crippen molar-refractivity contribution in [3.8, 4) is 0 Å². The fourth-order valence-corrected chi connectivity index (χ4v) is 14.3. The third kappa shape index (κ3) is 32.0. The fraction of sp³-hybridized carbons (Fsp3) is 0.908. The molecule has 107 heavy (non-hydrogen) atoms. The summed E-state index contributed by atoms with van der Waals surface area (Å²) in [6.45, 7) is 1.57. The van der Waals surface area contributed by atoms with Crippen molar-refractivity contribution in [3.05, 3.63) is 24.3 Å². The zero-order valence-electron chi connectivity index (χ0n) is 63.8. The van der Waals surface area contributed by atoms with Gasteiger partial charge in [-0.15, -0.1) is 0 Å². The van der Waals surface area contributed by atoms with Gasteiger partial charge in [-0.3, -0.25) is 14.4 Å². The number of unbranched alkanes of at least 4 members (excludes halogenated alkanes) is 28. The molecule has 0 spiro atoms. The van der Waals surface area contributed by atoms with Crippen LogP contribution in [0.4, 0.5) is 0 Å². The SMILES string of the molecule is CCCCCCCC/C=C\CCCCCCCCCCCCCC(=O)N[C@@H](CO[C@@H]1OC(CO)[C@@H](O[C@@H]2OC(CO[C@@H]3OC(CO)[C@@H](O)[C@H](O)C3NC(C)=O)[C@H](O)[C@H](O[C@H]3OC(CO)[C@H](O)[C@H](O[C@@H]4OC(CO)[C@H](O)[C@H](O)C4NC(C)=O)C3O)C2O)[C@H](O)C1O)[C@H](O)/C=C/CCCCCCCCCCCCC. The number of hydrogen-bond donors (Lipinski definition) is 18. The Kier molecular flexibility index (Phi) is 46.8. The lowest BCUT2D eigenvalue weighted by Crippen LogP contribution is -2.69. The molecule has 0 aromatic carbocycles. The summed E-state index contributed by atoms with van der Waals surface area (Å²) < 4.78 is 59.4. The molecule has 0 bridgehead atoms. The Morgan fingerprint density at radius 2 is 0.738 bits per heavy atom. The molecule has 18 N–H and O–H groups in total. The van der Waals surface area contributed by atoms with E-state index in [1.807, 2.05) is 6.08 Å². The van der Waals surface area contributed by atoms with Gasteiger partial charge in [0.1, 0.15) is 122 Å². The van der Waals surface area contributed by atoms with Crippen LogP contribution in [0.25, 0.3) is 0 Å². The number of nitrogens with one attached hydrogen (secondary N) is 3. The molecule has 5 saturated heterocycles. The van der Waals surface area contributed by atoms with E-state index in [1.54, 1.807) is 6.08 Å². The highest BCUT2D eigenvalue weighted by molar-refractivity contribution is 5.76. The summed E-state index contributed by atoms with van der Waals surface area (Å²) in [5.41, 5.74) is 0. The van der Waals surface area contributed by atoms with Crippen molar-refractivity contribution in [3.63, 3.8) is 0 Å². The Hall–Kier alpha value is -3.11. The van der Waals surface area contributed by atoms with Crippen LogP contribution in [0.1, 0.15) is 233 Å². The quantitative estimate of drug-likeness (QED) is 0.0305. The summed E-state index contributed by atoms with van der Waals surface area (Å²) in [4.78, 5) is 38.2. The highest BCUT2D eigenvalue weighted by Gasteiger charge is 2.57. The van der Waals surface area contributed by atoms with E-state index in [0.717, 1.165) is 71.6 Å². The Morgan fingerprint density at radius 1 is 0.374 bits per heavy atom. The van der Waals surface area contributed by atoms with Crippen LogP contribution < -0.4 is 16.0 Å². The summed E-state index contributed by atoms with van der Waals surface area (Å²) in [6.07, 6.45) is -0.930. The number of amides is 3. The zero-order valence-corrected chi connectivity index (χ0v) is 63.8. The largest absolute Gasteiger partial charge is 0.394 e. The van der Waals surface area contributed by atoms with Gasteiger partial charge in [0, 0.05) is 20.3 Å². The van der Waals surface area contributed by atoms with Crippen molar-refractivity contribution in [2.24, 2.45) is 0 Å². The molecule has 5 aliphatic rings. The molecule has 27 atom stereocenters. The van der Waals surface area contributed by atoms with Gasteiger partial charge < -0.3 is 140 Å². The number of carbonyl (C=O) groups excluding carboxylic acids is 3. The molecule has 0 aromatic heterocycles. The predicted molar refractivity (Wildman–Crippen MR) is 389 cm³/mol. The van der Waals surface area contributed by atoms with Crippen LogP contribution in [-0.4, -0.2) is 300 Å². The van der Waals surface area contributed by atoms with Gasteiger partial charge in [-0.1, -0.05) is 192 Å². The minimum Gasteiger partial charge on any atom is -0.394 e. The Labute approximate surface area is 632 Å². The maximum atomic E-state index is 13.6. The molecule has 0 aliphatic carbocycles. The lowest BCUT2D eigenvalue weighted by molar-refractivity contribution is -0.390. The molecule has 5 fully saturated rings. The van der Waals surface area contributed by atoms with Crippen LogP contribution in [0, 0.1) is 0 Å². The Morgan fingerprint density at radius 3 is 1.20 bits per heavy atom. The van der Waals surface area contributed by atoms with Crippen molar-refractivity contribution in [2.45, 2.75) is 399 Å². The predicted octanol–water partition coefficient (Wildman–Crippen LogP) is 1.87. The topological polar surface area (TPSA) is 483 Å². The number of carbonyl (C=O) groups is 3. The molecule has 624 valence electrons. The second-order valence-electron chi connectivity index (χ2n) is 29.6. The molecular formula is C76H137N3O28. The Balaban J connectivity index is 1.26. The second-order valence-corrected chi connectivity index (χ2v) is 29.6. The molecule has 10 unspecified atom stereocenters. The number of rotatable bonds is 54. The zero-order chi connectivity index (χ0) is 78.2. The molecule has 3 amide bonds. The highest BCUT2D eigenvalue weighted by Crippen LogP contribution is 2.36. The molecule has 0 saturated carbocycles. The van der Waals surface area contributed by atoms with E-state index < -0.39 is 217 Å². The van der Waals surface area contributed by atoms with E-state index in [-0.39, 0.29) is 12.3 Å². The molecule has 0 aromatic rings. The van der Waals surface area contributed by atoms with Gasteiger partial charge in [0.25, 0.3) is 0 Å². The number of allylic oxidation sites excluding steroid dienone is 3. The molecule has 31 nitrogen and oxygen atoms in total. The van der Waals surface area contributed by atoms with E-state index in [1.165, 1.54) is 128 Å². The van der Waals surface area contributed by atoms with Crippen LogP contribution in [0.15, 0.2) is 24.3 Å². The summed E-state index contributed by atoms with van der Waals surface area (Å²) in [5, 5.41) is 175. The van der Waals surface area contributed by atoms with E-state index >= 15 is 0 Å². The molecule has 31 heteroatoms. The van der Waals surface area contributed by atoms with Crippen LogP contribution >= 0.6 is 0 Å². The van der Waals surface area contributed by atoms with Gasteiger partial charge >= 0.3 is 0 Å². The van der Waals surface area contributed by atoms with Gasteiger partial charge in [-0.25, -0.2) is 0 Å². The van der Waals surface area contributed by atoms with Crippen LogP contribution in [0.5, 0.6) is 0 Å². The highest BCUT2D eigenvalue weighted by atomic mass is 16.8. The maximum Gasteiger partial charge on any atom is 0.220 e. The first-order chi connectivity index (χ1) is 51.5. The summed E-state index contributed by atoms with van der Waals surface area (Å²) in [5.74, 6) is -1.82. The van der Waals surface area contributed by atoms with Crippen molar-refractivity contribution in [1.82, 2.24) is 16.0 Å². The van der Waals surface area contributed by atoms with E-state index in [9.17, 15) is 91.0 Å². The lowest BCUT2D eigenvalue weighted by Gasteiger charge is -2.50. The first kappa shape index (κ1) is 94.5. The molecular weight excluding hydrogens is 1400 g/mol. The molecule has 0 radical (unpaired) electrons. The number of aliphatic hydroxyl groups is 15. The van der Waals surface area contributed by atoms with Crippen molar-refractivity contribution < 1.29 is 138 Å². The molecule has 5 rings (SSSR count). The van der Waals surface area contributed by atoms with Crippen LogP contribution in [0.3, 0.4) is 0 Å². The minimum absolute atomic E-state index is 0.165. The first-order valence-electron chi connectivity index (χ1n) is 40.1. The third-order valence-corrected chi connectivity index (χ3v) is 20.8.